The number of methoxy groups -OCH3 is 4. The van der Waals surface area contributed by atoms with Gasteiger partial charge in [0.1, 0.15) is 26.2 Å². The van der Waals surface area contributed by atoms with Crippen LogP contribution in [0, 0.1) is 0 Å². The zero-order valence-electron chi connectivity index (χ0n) is 19.2. The van der Waals surface area contributed by atoms with Crippen LogP contribution >= 0.6 is 11.6 Å². The summed E-state index contributed by atoms with van der Waals surface area (Å²) in [4.78, 5) is 11.6. The second-order valence-corrected chi connectivity index (χ2v) is 7.61. The molecule has 0 aliphatic heterocycles. The van der Waals surface area contributed by atoms with E-state index < -0.39 is 6.16 Å². The zero-order chi connectivity index (χ0) is 23.6. The van der Waals surface area contributed by atoms with Crippen molar-refractivity contribution in [1.29, 1.82) is 0 Å². The molecule has 176 valence electrons. The fraction of sp³-hybridized carbons (Fsp3) is 0.435. The van der Waals surface area contributed by atoms with Crippen LogP contribution < -0.4 is 18.9 Å². The van der Waals surface area contributed by atoms with Crippen LogP contribution in [0.3, 0.4) is 0 Å². The summed E-state index contributed by atoms with van der Waals surface area (Å²) in [7, 11) is 8.51. The van der Waals surface area contributed by atoms with E-state index in [4.69, 9.17) is 35.3 Å². The minimum atomic E-state index is -0.788. The summed E-state index contributed by atoms with van der Waals surface area (Å²) in [5, 5.41) is 0. The first-order valence-electron chi connectivity index (χ1n) is 9.99. The number of alkyl halides is 1. The standard InChI is InChI=1S/C23H31ClNO7/c1-25(10-11-31-23(26)32-16-24,14-17-6-8-19(27-2)21(12-17)29-4)15-18-7-9-20(28-3)22(13-18)30-5/h6-9,12-13H,10-11,14-16H2,1-5H3/q+1. The monoisotopic (exact) mass is 468 g/mol. The third-order valence-corrected chi connectivity index (χ3v) is 5.16. The third kappa shape index (κ3) is 7.10. The molecule has 9 heteroatoms. The van der Waals surface area contributed by atoms with E-state index in [0.29, 0.717) is 47.1 Å². The van der Waals surface area contributed by atoms with Gasteiger partial charge in [-0.3, -0.25) is 0 Å². The number of nitrogens with zero attached hydrogens (tertiary/aromatic N) is 1. The molecule has 0 heterocycles. The predicted octanol–water partition coefficient (Wildman–Crippen LogP) is 4.22. The minimum absolute atomic E-state index is 0.173. The first-order chi connectivity index (χ1) is 15.4. The Balaban J connectivity index is 2.27. The lowest BCUT2D eigenvalue weighted by Crippen LogP contribution is -2.45. The van der Waals surface area contributed by atoms with Crippen molar-refractivity contribution in [2.24, 2.45) is 0 Å². The molecule has 0 unspecified atom stereocenters. The van der Waals surface area contributed by atoms with Crippen LogP contribution in [-0.2, 0) is 22.6 Å². The molecule has 32 heavy (non-hydrogen) atoms. The lowest BCUT2D eigenvalue weighted by atomic mass is 10.1. The Hall–Kier alpha value is -2.84. The number of carbonyl (C=O) groups excluding carboxylic acids is 1. The van der Waals surface area contributed by atoms with Crippen LogP contribution in [0.1, 0.15) is 11.1 Å². The average Bonchev–Trinajstić information content (AvgIpc) is 2.78. The van der Waals surface area contributed by atoms with E-state index in [2.05, 4.69) is 11.8 Å². The van der Waals surface area contributed by atoms with E-state index in [1.54, 1.807) is 28.4 Å². The van der Waals surface area contributed by atoms with Gasteiger partial charge >= 0.3 is 6.16 Å². The molecule has 0 saturated carbocycles. The predicted molar refractivity (Wildman–Crippen MR) is 121 cm³/mol. The molecular formula is C23H31ClNO7+. The summed E-state index contributed by atoms with van der Waals surface area (Å²) >= 11 is 5.42. The van der Waals surface area contributed by atoms with Crippen molar-refractivity contribution >= 4 is 17.8 Å². The van der Waals surface area contributed by atoms with Crippen LogP contribution in [0.5, 0.6) is 23.0 Å². The van der Waals surface area contributed by atoms with Crippen molar-refractivity contribution in [3.8, 4) is 23.0 Å². The first-order valence-corrected chi connectivity index (χ1v) is 10.5. The molecule has 0 aromatic heterocycles. The maximum Gasteiger partial charge on any atom is 0.509 e. The molecule has 2 rings (SSSR count). The molecule has 0 saturated heterocycles. The van der Waals surface area contributed by atoms with Gasteiger partial charge in [0, 0.05) is 11.1 Å². The number of rotatable bonds is 12. The lowest BCUT2D eigenvalue weighted by molar-refractivity contribution is -0.935. The molecule has 0 amide bonds. The van der Waals surface area contributed by atoms with E-state index in [0.717, 1.165) is 11.1 Å². The van der Waals surface area contributed by atoms with Gasteiger partial charge < -0.3 is 32.9 Å². The number of likely N-dealkylation sites (N-methyl/N-ethyl adjacent to an activating group) is 1. The van der Waals surface area contributed by atoms with Crippen molar-refractivity contribution in [2.75, 3.05) is 54.7 Å². The molecule has 0 fully saturated rings. The highest BCUT2D eigenvalue weighted by molar-refractivity contribution is 6.17. The van der Waals surface area contributed by atoms with Crippen LogP contribution in [0.15, 0.2) is 36.4 Å². The molecule has 0 spiro atoms. The number of ether oxygens (including phenoxy) is 6. The fourth-order valence-corrected chi connectivity index (χ4v) is 3.58. The highest BCUT2D eigenvalue weighted by atomic mass is 35.5. The summed E-state index contributed by atoms with van der Waals surface area (Å²) in [6.45, 7) is 2.03. The van der Waals surface area contributed by atoms with Crippen molar-refractivity contribution in [3.05, 3.63) is 47.5 Å². The van der Waals surface area contributed by atoms with Gasteiger partial charge in [0.25, 0.3) is 0 Å². The van der Waals surface area contributed by atoms with E-state index in [9.17, 15) is 4.79 Å². The zero-order valence-corrected chi connectivity index (χ0v) is 19.9. The topological polar surface area (TPSA) is 72.5 Å². The van der Waals surface area contributed by atoms with Gasteiger partial charge in [-0.15, -0.1) is 0 Å². The van der Waals surface area contributed by atoms with Crippen molar-refractivity contribution < 1.29 is 37.7 Å². The maximum absolute atomic E-state index is 11.6. The Kier molecular flexibility index (Phi) is 9.74. The number of benzene rings is 2. The highest BCUT2D eigenvalue weighted by Crippen LogP contribution is 2.31. The Bertz CT molecular complexity index is 833. The SMILES string of the molecule is COc1ccc(C[N+](C)(CCOC(=O)OCCl)Cc2ccc(OC)c(OC)c2)cc1OC. The molecular weight excluding hydrogens is 438 g/mol. The average molecular weight is 469 g/mol. The molecule has 2 aromatic rings. The van der Waals surface area contributed by atoms with Gasteiger partial charge in [-0.25, -0.2) is 4.79 Å². The van der Waals surface area contributed by atoms with Crippen LogP contribution in [0.4, 0.5) is 4.79 Å². The van der Waals surface area contributed by atoms with Gasteiger partial charge in [0.15, 0.2) is 29.1 Å². The summed E-state index contributed by atoms with van der Waals surface area (Å²) in [6.07, 6.45) is -0.788. The van der Waals surface area contributed by atoms with Crippen LogP contribution in [0.2, 0.25) is 0 Å². The molecule has 0 radical (unpaired) electrons. The highest BCUT2D eigenvalue weighted by Gasteiger charge is 2.25. The molecule has 8 nitrogen and oxygen atoms in total. The van der Waals surface area contributed by atoms with E-state index in [1.165, 1.54) is 0 Å². The lowest BCUT2D eigenvalue weighted by Gasteiger charge is -2.35. The largest absolute Gasteiger partial charge is 0.509 e. The van der Waals surface area contributed by atoms with Crippen LogP contribution in [-0.4, -0.2) is 65.3 Å². The summed E-state index contributed by atoms with van der Waals surface area (Å²) in [5.41, 5.74) is 2.10. The third-order valence-electron chi connectivity index (χ3n) is 5.05. The Labute approximate surface area is 194 Å². The van der Waals surface area contributed by atoms with Gasteiger partial charge in [-0.05, 0) is 36.4 Å². The van der Waals surface area contributed by atoms with Crippen molar-refractivity contribution in [3.63, 3.8) is 0 Å². The summed E-state index contributed by atoms with van der Waals surface area (Å²) < 4.78 is 31.9. The van der Waals surface area contributed by atoms with Crippen molar-refractivity contribution in [2.45, 2.75) is 13.1 Å². The fourth-order valence-electron chi connectivity index (χ4n) is 3.49. The smallest absolute Gasteiger partial charge is 0.493 e. The minimum Gasteiger partial charge on any atom is -0.493 e. The number of quaternary nitrogens is 1. The van der Waals surface area contributed by atoms with E-state index in [1.807, 2.05) is 36.4 Å². The Morgan fingerprint density at radius 2 is 1.25 bits per heavy atom. The quantitative estimate of drug-likeness (QED) is 0.262. The summed E-state index contributed by atoms with van der Waals surface area (Å²) in [6, 6.07) is 11.4. The van der Waals surface area contributed by atoms with E-state index in [-0.39, 0.29) is 12.7 Å². The second-order valence-electron chi connectivity index (χ2n) is 7.39. The van der Waals surface area contributed by atoms with Crippen LogP contribution in [0.25, 0.3) is 0 Å². The van der Waals surface area contributed by atoms with Gasteiger partial charge in [0.2, 0.25) is 0 Å². The van der Waals surface area contributed by atoms with E-state index >= 15 is 0 Å². The molecule has 0 N–H and O–H groups in total. The molecule has 0 atom stereocenters. The number of halogens is 1. The Morgan fingerprint density at radius 1 is 0.781 bits per heavy atom. The molecule has 2 aromatic carbocycles. The number of carbonyl (C=O) groups is 1. The number of hydrogen-bond acceptors (Lipinski definition) is 7. The first kappa shape index (κ1) is 25.4. The Morgan fingerprint density at radius 3 is 1.66 bits per heavy atom. The number of hydrogen-bond donors (Lipinski definition) is 0. The van der Waals surface area contributed by atoms with Crippen molar-refractivity contribution in [1.82, 2.24) is 0 Å². The normalized spacial score (nSPS) is 10.9. The van der Waals surface area contributed by atoms with Gasteiger partial charge in [-0.2, -0.15) is 0 Å². The van der Waals surface area contributed by atoms with Gasteiger partial charge in [0.05, 0.1) is 35.5 Å². The molecule has 0 bridgehead atoms. The maximum atomic E-state index is 11.6. The summed E-state index contributed by atoms with van der Waals surface area (Å²) in [5.74, 6) is 2.64. The van der Waals surface area contributed by atoms with Gasteiger partial charge in [-0.1, -0.05) is 11.6 Å². The molecule has 0 aliphatic carbocycles. The molecule has 0 aliphatic rings. The second kappa shape index (κ2) is 12.3.